The van der Waals surface area contributed by atoms with Crippen molar-refractivity contribution in [1.29, 1.82) is 0 Å². The van der Waals surface area contributed by atoms with Crippen molar-refractivity contribution >= 4 is 178 Å². The van der Waals surface area contributed by atoms with Gasteiger partial charge in [0.25, 0.3) is 0 Å². The zero-order valence-electron chi connectivity index (χ0n) is 57.4. The molecule has 0 spiro atoms. The lowest BCUT2D eigenvalue weighted by Crippen LogP contribution is -2.32. The molecule has 0 bridgehead atoms. The van der Waals surface area contributed by atoms with E-state index in [1.807, 2.05) is 13.2 Å². The Balaban J connectivity index is 0.000000154. The molecule has 8 aromatic rings. The largest absolute Gasteiger partial charge is 0.397 e. The summed E-state index contributed by atoms with van der Waals surface area (Å²) in [4.78, 5) is 33.8. The fraction of sp³-hybridized carbons (Fsp3) is 0.556. The molecule has 8 aromatic heterocycles. The van der Waals surface area contributed by atoms with Crippen molar-refractivity contribution < 1.29 is 59.8 Å². The van der Waals surface area contributed by atoms with Crippen molar-refractivity contribution in [2.24, 2.45) is 0 Å². The van der Waals surface area contributed by atoms with E-state index in [1.165, 1.54) is 23.5 Å². The number of imidazole rings is 4. The number of ether oxygens (including phenoxy) is 4. The van der Waals surface area contributed by atoms with Gasteiger partial charge in [-0.25, -0.2) is 34.9 Å². The Hall–Kier alpha value is -3.95. The number of aliphatic hydroxyl groups excluding tert-OH is 8. The first-order valence-electron chi connectivity index (χ1n) is 32.1. The van der Waals surface area contributed by atoms with Gasteiger partial charge < -0.3 is 87.7 Å². The molecule has 0 aliphatic carbocycles. The number of nitrogen functional groups attached to an aromatic ring is 4. The number of aliphatic hydroxyl groups is 8. The molecule has 0 unspecified atom stereocenters. The second-order valence-electron chi connectivity index (χ2n) is 28.0. The highest BCUT2D eigenvalue weighted by atomic mass is 127. The minimum absolute atomic E-state index is 0.345. The molecule has 36 heteroatoms. The second kappa shape index (κ2) is 32.2. The molecule has 0 saturated carbocycles. The van der Waals surface area contributed by atoms with Crippen molar-refractivity contribution in [3.8, 4) is 0 Å². The average molecular weight is 1620 g/mol. The van der Waals surface area contributed by atoms with Crippen molar-refractivity contribution in [3.05, 3.63) is 57.7 Å². The van der Waals surface area contributed by atoms with Crippen molar-refractivity contribution in [3.63, 3.8) is 0 Å². The molecule has 99 heavy (non-hydrogen) atoms. The van der Waals surface area contributed by atoms with Crippen molar-refractivity contribution in [2.75, 3.05) is 113 Å². The lowest BCUT2D eigenvalue weighted by Gasteiger charge is -2.19. The Labute approximate surface area is 603 Å². The number of rotatable bonds is 19. The summed E-state index contributed by atoms with van der Waals surface area (Å²) in [5.74, 6) is 0.804. The number of anilines is 4. The van der Waals surface area contributed by atoms with Crippen LogP contribution in [0.1, 0.15) is 57.5 Å². The van der Waals surface area contributed by atoms with Gasteiger partial charge in [0.2, 0.25) is 0 Å². The number of aromatic nitrogens is 12. The van der Waals surface area contributed by atoms with Crippen LogP contribution in [0.5, 0.6) is 0 Å². The number of aromatic amines is 1. The maximum atomic E-state index is 10.7. The van der Waals surface area contributed by atoms with E-state index in [-0.39, 0.29) is 0 Å². The van der Waals surface area contributed by atoms with Crippen LogP contribution in [0.3, 0.4) is 0 Å². The van der Waals surface area contributed by atoms with E-state index in [1.54, 1.807) is 67.3 Å². The first-order chi connectivity index (χ1) is 46.3. The Morgan fingerprint density at radius 3 is 1.13 bits per heavy atom. The van der Waals surface area contributed by atoms with E-state index in [4.69, 9.17) is 54.1 Å². The molecule has 4 aliphatic rings. The number of nitrogens with zero attached hydrogens (tertiary/aromatic N) is 11. The highest BCUT2D eigenvalue weighted by Crippen LogP contribution is 2.46. The first-order valence-corrected chi connectivity index (χ1v) is 48.0. The van der Waals surface area contributed by atoms with E-state index in [0.29, 0.717) is 112 Å². The number of fused-ring (bicyclic) bond motifs is 4. The number of hydrogen-bond donors (Lipinski definition) is 13. The number of nitrogens with one attached hydrogen (secondary N) is 1. The molecule has 0 aromatic carbocycles. The third-order valence-corrected chi connectivity index (χ3v) is 25.7. The molecule has 4 aliphatic heterocycles. The summed E-state index contributed by atoms with van der Waals surface area (Å²) in [7, 11) is 0. The summed E-state index contributed by atoms with van der Waals surface area (Å²) in [6.45, 7) is 14.2. The van der Waals surface area contributed by atoms with Crippen LogP contribution in [-0.2, 0) is 18.9 Å². The van der Waals surface area contributed by atoms with Crippen LogP contribution in [0.2, 0.25) is 0 Å². The Kier molecular flexibility index (Phi) is 25.7. The summed E-state index contributed by atoms with van der Waals surface area (Å²) in [5, 5.41) is 85.2. The maximum Gasteiger partial charge on any atom is 0.181 e. The minimum atomic E-state index is -1.23. The summed E-state index contributed by atoms with van der Waals surface area (Å²) < 4.78 is 31.8. The number of nitrogens with two attached hydrogens (primary N) is 4. The third kappa shape index (κ3) is 18.2. The lowest BCUT2D eigenvalue weighted by molar-refractivity contribution is -0.0400. The van der Waals surface area contributed by atoms with Crippen LogP contribution in [0, 0.1) is 8.60 Å². The predicted octanol–water partition coefficient (Wildman–Crippen LogP) is 6.03. The molecule has 16 atom stereocenters. The van der Waals surface area contributed by atoms with Gasteiger partial charge in [0.05, 0.1) is 47.2 Å². The molecule has 0 radical (unpaired) electrons. The minimum Gasteiger partial charge on any atom is -0.397 e. The topological polar surface area (TPSA) is 429 Å². The van der Waals surface area contributed by atoms with Gasteiger partial charge in [-0.15, -0.1) is 52.7 Å². The van der Waals surface area contributed by atoms with E-state index in [0.717, 1.165) is 30.4 Å². The summed E-state index contributed by atoms with van der Waals surface area (Å²) in [5.41, 5.74) is 30.5. The Morgan fingerprint density at radius 2 is 0.778 bits per heavy atom. The van der Waals surface area contributed by atoms with Gasteiger partial charge in [0, 0.05) is 47.4 Å². The zero-order chi connectivity index (χ0) is 72.7. The van der Waals surface area contributed by atoms with E-state index < -0.39 is 126 Å². The summed E-state index contributed by atoms with van der Waals surface area (Å²) in [6.07, 6.45) is 18.3. The molecule has 4 saturated heterocycles. The molecular formula is C63H97IN16O12P4S3. The standard InChI is InChI=1S/C17H27N4O3PS.C16H25N4O3PS.C15H22IN4O3P.C15H23N4O3PS/c1-5-26-17-20-12-10(18)6-8-19-15(12)21(17)16-14(23)13(22)11(24-16)7-9-25(2,3)4;1-24(2,3)8-6-10-12(21)13(22)15(23-10)20-14-11(19-16(20)25-4)9(17)5-7-18-14;1-24(2,3)7-5-9-11(21)12(22)14(23-9)20-13-10(19-15(20)16)8(17)4-6-18-13;1-23(2,3)7-5-9-11(20)12(21)14(22-9)19-13-10(18-15(19)24)8(16)4-6-17-13/h6,8,11,13-14,16,22-23H,2,5,7,9H2,1,3-4H3,(H2,18,19);5,7,10,12-13,15,21-22H,1,6,8H2,2-4H3,(H2,17,18);4,6,9,11-12,14,21-22H,1,5,7H2,2-3H3,(H2,17,18);4,6,9,11-12,14,20-21H,1,5,7H2,2-3H3,(H2,16,17)(H,18,24)/t11-,13-,14-,16-;10-,12-,13-,15-;2*9-,11-,12-,14-/m1111/s1. The number of H-pyrrole nitrogens is 1. The van der Waals surface area contributed by atoms with Crippen LogP contribution in [0.4, 0.5) is 22.7 Å². The molecule has 546 valence electrons. The molecule has 28 nitrogen and oxygen atoms in total. The SMILES string of the molecule is C=P(C)(C)CC[C@H]1O[C@@H](n2c(=S)[nH]c3c(N)ccnc32)[C@H](O)[C@@H]1O.C=P(C)(C)CC[C@H]1O[C@@H](n2c(I)nc3c(N)ccnc32)[C@H](O)[C@@H]1O.C=P(C)(C)CC[C@H]1O[C@@H](n2c(SC)nc3c(N)ccnc32)[C@H](O)[C@@H]1O.C=P(C)(C)CC[C@H]1O[C@@H](n2c(SCC)nc3c(N)ccnc32)[C@H](O)[C@@H]1O. The summed E-state index contributed by atoms with van der Waals surface area (Å²) in [6, 6.07) is 6.73. The number of hydrogen-bond acceptors (Lipinski definition) is 26. The van der Waals surface area contributed by atoms with Gasteiger partial charge in [-0.2, -0.15) is 0 Å². The third-order valence-electron chi connectivity index (χ3n) is 17.3. The second-order valence-corrected chi connectivity index (χ2v) is 48.6. The van der Waals surface area contributed by atoms with Crippen molar-refractivity contribution in [2.45, 2.75) is 141 Å². The van der Waals surface area contributed by atoms with Crippen LogP contribution in [0.25, 0.3) is 44.7 Å². The van der Waals surface area contributed by atoms with Gasteiger partial charge in [0.15, 0.2) is 66.4 Å². The number of halogens is 1. The van der Waals surface area contributed by atoms with Gasteiger partial charge in [0.1, 0.15) is 70.9 Å². The zero-order valence-corrected chi connectivity index (χ0v) is 65.6. The molecule has 12 heterocycles. The molecule has 12 rings (SSSR count). The number of thioether (sulfide) groups is 2. The van der Waals surface area contributed by atoms with E-state index >= 15 is 0 Å². The maximum absolute atomic E-state index is 10.7. The average Bonchev–Trinajstić information content (AvgIpc) is 1.63. The van der Waals surface area contributed by atoms with Gasteiger partial charge in [-0.3, -0.25) is 18.3 Å². The lowest BCUT2D eigenvalue weighted by atomic mass is 10.1. The Morgan fingerprint density at radius 1 is 0.475 bits per heavy atom. The predicted molar refractivity (Wildman–Crippen MR) is 421 cm³/mol. The normalized spacial score (nSPS) is 27.4. The highest BCUT2D eigenvalue weighted by molar-refractivity contribution is 14.1. The highest BCUT2D eigenvalue weighted by Gasteiger charge is 2.49. The van der Waals surface area contributed by atoms with E-state index in [2.05, 4.69) is 141 Å². The van der Waals surface area contributed by atoms with Crippen LogP contribution in [0.15, 0.2) is 59.4 Å². The van der Waals surface area contributed by atoms with Gasteiger partial charge in [-0.1, -0.05) is 30.4 Å². The smallest absolute Gasteiger partial charge is 0.181 e. The fourth-order valence-corrected chi connectivity index (χ4v) is 18.1. The molecule has 0 amide bonds. The van der Waals surface area contributed by atoms with Gasteiger partial charge in [-0.05, 0) is 152 Å². The summed E-state index contributed by atoms with van der Waals surface area (Å²) >= 11 is 10.3. The molecule has 17 N–H and O–H groups in total. The number of pyridine rings is 4. The molecular weight excluding hydrogens is 1520 g/mol. The van der Waals surface area contributed by atoms with Crippen molar-refractivity contribution in [1.82, 2.24) is 58.1 Å². The first kappa shape index (κ1) is 79.2. The van der Waals surface area contributed by atoms with Crippen LogP contribution < -0.4 is 22.9 Å². The Bertz CT molecular complexity index is 4420. The van der Waals surface area contributed by atoms with Crippen LogP contribution in [-0.4, -0.2) is 287 Å². The van der Waals surface area contributed by atoms with Gasteiger partial charge >= 0.3 is 0 Å². The molecule has 4 fully saturated rings. The van der Waals surface area contributed by atoms with Crippen LogP contribution >= 0.6 is 85.9 Å². The fourth-order valence-electron chi connectivity index (χ4n) is 11.9. The van der Waals surface area contributed by atoms with E-state index in [9.17, 15) is 40.9 Å². The monoisotopic (exact) mass is 1620 g/mol. The quantitative estimate of drug-likeness (QED) is 0.0190.